The van der Waals surface area contributed by atoms with Gasteiger partial charge >= 0.3 is 5.97 Å². The molecule has 2 heterocycles. The number of aromatic nitrogens is 1. The SMILES string of the molecule is CCCN1C(=S)N[C@@H](c2ccc(C(=O)OC)cc2)C(C(=O)Nc2cc(C)on2)=C1C. The first kappa shape index (κ1) is 21.5. The van der Waals surface area contributed by atoms with Crippen LogP contribution >= 0.6 is 12.2 Å². The maximum Gasteiger partial charge on any atom is 0.337 e. The Bertz CT molecular complexity index is 997. The number of esters is 1. The number of thiocarbonyl (C=S) groups is 1. The van der Waals surface area contributed by atoms with Crippen molar-refractivity contribution in [3.8, 4) is 0 Å². The van der Waals surface area contributed by atoms with E-state index < -0.39 is 12.0 Å². The highest BCUT2D eigenvalue weighted by Gasteiger charge is 2.34. The molecule has 0 bridgehead atoms. The Kier molecular flexibility index (Phi) is 6.51. The van der Waals surface area contributed by atoms with Crippen molar-refractivity contribution in [2.45, 2.75) is 33.2 Å². The van der Waals surface area contributed by atoms with Crippen molar-refractivity contribution in [2.75, 3.05) is 19.0 Å². The van der Waals surface area contributed by atoms with Crippen LogP contribution in [0.1, 0.15) is 48.0 Å². The maximum absolute atomic E-state index is 13.2. The Morgan fingerprint density at radius 2 is 2.00 bits per heavy atom. The molecule has 0 fully saturated rings. The number of carbonyl (C=O) groups is 2. The van der Waals surface area contributed by atoms with Crippen molar-refractivity contribution in [2.24, 2.45) is 0 Å². The Morgan fingerprint density at radius 3 is 2.57 bits per heavy atom. The van der Waals surface area contributed by atoms with Crippen LogP contribution in [0.25, 0.3) is 0 Å². The fraction of sp³-hybridized carbons (Fsp3) is 0.333. The van der Waals surface area contributed by atoms with Gasteiger partial charge in [-0.1, -0.05) is 24.2 Å². The van der Waals surface area contributed by atoms with Crippen molar-refractivity contribution < 1.29 is 18.8 Å². The summed E-state index contributed by atoms with van der Waals surface area (Å²) in [5.41, 5.74) is 2.50. The van der Waals surface area contributed by atoms with Gasteiger partial charge in [0.1, 0.15) is 5.76 Å². The lowest BCUT2D eigenvalue weighted by atomic mass is 9.93. The van der Waals surface area contributed by atoms with E-state index in [0.717, 1.165) is 17.7 Å². The average molecular weight is 429 g/mol. The van der Waals surface area contributed by atoms with Crippen LogP contribution in [0.15, 0.2) is 46.1 Å². The number of carbonyl (C=O) groups excluding carboxylic acids is 2. The largest absolute Gasteiger partial charge is 0.465 e. The fourth-order valence-corrected chi connectivity index (χ4v) is 3.70. The summed E-state index contributed by atoms with van der Waals surface area (Å²) in [5, 5.41) is 10.4. The van der Waals surface area contributed by atoms with Crippen LogP contribution in [-0.2, 0) is 9.53 Å². The highest BCUT2D eigenvalue weighted by molar-refractivity contribution is 7.80. The maximum atomic E-state index is 13.2. The van der Waals surface area contributed by atoms with E-state index in [2.05, 4.69) is 15.8 Å². The third-order valence-electron chi connectivity index (χ3n) is 4.82. The molecule has 1 aromatic heterocycles. The molecular formula is C21H24N4O4S. The number of ether oxygens (including phenoxy) is 1. The molecule has 9 heteroatoms. The van der Waals surface area contributed by atoms with Crippen molar-refractivity contribution in [3.05, 3.63) is 58.5 Å². The second-order valence-corrected chi connectivity index (χ2v) is 7.31. The van der Waals surface area contributed by atoms with Gasteiger partial charge in [-0.15, -0.1) is 0 Å². The summed E-state index contributed by atoms with van der Waals surface area (Å²) < 4.78 is 9.80. The lowest BCUT2D eigenvalue weighted by molar-refractivity contribution is -0.113. The lowest BCUT2D eigenvalue weighted by Gasteiger charge is -2.37. The predicted octanol–water partition coefficient (Wildman–Crippen LogP) is 3.32. The lowest BCUT2D eigenvalue weighted by Crippen LogP contribution is -2.48. The van der Waals surface area contributed by atoms with Gasteiger partial charge in [0.25, 0.3) is 5.91 Å². The quantitative estimate of drug-likeness (QED) is 0.534. The second kappa shape index (κ2) is 9.08. The van der Waals surface area contributed by atoms with Gasteiger partial charge in [-0.2, -0.15) is 0 Å². The number of hydrogen-bond acceptors (Lipinski definition) is 6. The van der Waals surface area contributed by atoms with E-state index in [4.69, 9.17) is 21.5 Å². The number of aryl methyl sites for hydroxylation is 1. The molecule has 1 atom stereocenters. The van der Waals surface area contributed by atoms with Gasteiger partial charge in [-0.05, 0) is 50.2 Å². The summed E-state index contributed by atoms with van der Waals surface area (Å²) >= 11 is 5.55. The Balaban J connectivity index is 1.99. The summed E-state index contributed by atoms with van der Waals surface area (Å²) in [6, 6.07) is 8.06. The summed E-state index contributed by atoms with van der Waals surface area (Å²) in [6.45, 7) is 6.36. The van der Waals surface area contributed by atoms with Gasteiger partial charge in [0.05, 0.1) is 24.3 Å². The van der Waals surface area contributed by atoms with Crippen molar-refractivity contribution in [3.63, 3.8) is 0 Å². The number of nitrogens with zero attached hydrogens (tertiary/aromatic N) is 2. The number of rotatable bonds is 6. The molecule has 0 aliphatic carbocycles. The zero-order valence-corrected chi connectivity index (χ0v) is 18.1. The van der Waals surface area contributed by atoms with Crippen LogP contribution < -0.4 is 10.6 Å². The standard InChI is InChI=1S/C21H24N4O4S/c1-5-10-25-13(3)17(19(26)22-16-11-12(2)29-24-16)18(23-21(25)30)14-6-8-15(9-7-14)20(27)28-4/h6-9,11,18H,5,10H2,1-4H3,(H,23,30)(H,22,24,26)/t18-/m0/s1. The highest BCUT2D eigenvalue weighted by Crippen LogP contribution is 2.32. The van der Waals surface area contributed by atoms with Crippen molar-refractivity contribution in [1.29, 1.82) is 0 Å². The summed E-state index contributed by atoms with van der Waals surface area (Å²) in [4.78, 5) is 26.9. The van der Waals surface area contributed by atoms with Crippen LogP contribution in [0.5, 0.6) is 0 Å². The molecule has 3 rings (SSSR count). The molecule has 30 heavy (non-hydrogen) atoms. The third kappa shape index (κ3) is 4.35. The van der Waals surface area contributed by atoms with Gasteiger partial charge in [0.15, 0.2) is 10.9 Å². The molecule has 0 radical (unpaired) electrons. The fourth-order valence-electron chi connectivity index (χ4n) is 3.36. The minimum absolute atomic E-state index is 0.307. The Morgan fingerprint density at radius 1 is 1.30 bits per heavy atom. The van der Waals surface area contributed by atoms with Gasteiger partial charge in [-0.3, -0.25) is 4.79 Å². The molecule has 1 aliphatic heterocycles. The minimum Gasteiger partial charge on any atom is -0.465 e. The first-order valence-electron chi connectivity index (χ1n) is 9.57. The van der Waals surface area contributed by atoms with Crippen LogP contribution in [0.3, 0.4) is 0 Å². The molecule has 158 valence electrons. The topological polar surface area (TPSA) is 96.7 Å². The van der Waals surface area contributed by atoms with E-state index in [1.165, 1.54) is 7.11 Å². The number of methoxy groups -OCH3 is 1. The van der Waals surface area contributed by atoms with Gasteiger partial charge in [-0.25, -0.2) is 4.79 Å². The molecule has 2 aromatic rings. The van der Waals surface area contributed by atoms with Crippen LogP contribution in [0.2, 0.25) is 0 Å². The van der Waals surface area contributed by atoms with E-state index in [-0.39, 0.29) is 5.91 Å². The van der Waals surface area contributed by atoms with Crippen LogP contribution in [-0.4, -0.2) is 40.7 Å². The minimum atomic E-state index is -0.481. The Hall–Kier alpha value is -3.20. The molecule has 1 aliphatic rings. The molecule has 0 saturated heterocycles. The molecular weight excluding hydrogens is 404 g/mol. The van der Waals surface area contributed by atoms with Crippen molar-refractivity contribution >= 4 is 35.0 Å². The normalized spacial score (nSPS) is 16.3. The van der Waals surface area contributed by atoms with Gasteiger partial charge < -0.3 is 24.8 Å². The number of benzene rings is 1. The van der Waals surface area contributed by atoms with Gasteiger partial charge in [0.2, 0.25) is 0 Å². The number of allylic oxidation sites excluding steroid dienone is 1. The zero-order valence-electron chi connectivity index (χ0n) is 17.3. The van der Waals surface area contributed by atoms with E-state index >= 15 is 0 Å². The van der Waals surface area contributed by atoms with Crippen molar-refractivity contribution in [1.82, 2.24) is 15.4 Å². The van der Waals surface area contributed by atoms with E-state index in [1.807, 2.05) is 18.7 Å². The number of hydrogen-bond donors (Lipinski definition) is 2. The highest BCUT2D eigenvalue weighted by atomic mass is 32.1. The number of amides is 1. The van der Waals surface area contributed by atoms with E-state index in [1.54, 1.807) is 37.3 Å². The molecule has 0 saturated carbocycles. The second-order valence-electron chi connectivity index (χ2n) is 6.92. The zero-order chi connectivity index (χ0) is 21.8. The van der Waals surface area contributed by atoms with Crippen LogP contribution in [0, 0.1) is 6.92 Å². The summed E-state index contributed by atoms with van der Waals surface area (Å²) in [7, 11) is 1.33. The smallest absolute Gasteiger partial charge is 0.337 e. The van der Waals surface area contributed by atoms with Crippen LogP contribution in [0.4, 0.5) is 5.82 Å². The first-order chi connectivity index (χ1) is 14.3. The first-order valence-corrected chi connectivity index (χ1v) is 9.98. The summed E-state index contributed by atoms with van der Waals surface area (Å²) in [5.74, 6) is 0.210. The van der Waals surface area contributed by atoms with E-state index in [0.29, 0.717) is 34.4 Å². The molecule has 0 unspecified atom stereocenters. The average Bonchev–Trinajstić information content (AvgIpc) is 3.14. The molecule has 1 amide bonds. The predicted molar refractivity (Wildman–Crippen MR) is 116 cm³/mol. The third-order valence-corrected chi connectivity index (χ3v) is 5.16. The molecule has 1 aromatic carbocycles. The molecule has 2 N–H and O–H groups in total. The molecule has 8 nitrogen and oxygen atoms in total. The van der Waals surface area contributed by atoms with Gasteiger partial charge in [0, 0.05) is 18.3 Å². The number of anilines is 1. The summed E-state index contributed by atoms with van der Waals surface area (Å²) in [6.07, 6.45) is 0.870. The number of nitrogens with one attached hydrogen (secondary N) is 2. The molecule has 0 spiro atoms. The monoisotopic (exact) mass is 428 g/mol. The Labute approximate surface area is 180 Å². The van der Waals surface area contributed by atoms with E-state index in [9.17, 15) is 9.59 Å².